The molecule has 0 fully saturated rings. The molecule has 0 atom stereocenters. The first-order valence-corrected chi connectivity index (χ1v) is 7.88. The molecule has 0 aromatic heterocycles. The van der Waals surface area contributed by atoms with Gasteiger partial charge in [-0.3, -0.25) is 9.59 Å². The third-order valence-electron chi connectivity index (χ3n) is 4.13. The van der Waals surface area contributed by atoms with Crippen LogP contribution in [0.25, 0.3) is 0 Å². The van der Waals surface area contributed by atoms with Gasteiger partial charge in [-0.2, -0.15) is 0 Å². The number of carbonyl (C=O) groups excluding carboxylic acids is 2. The van der Waals surface area contributed by atoms with Gasteiger partial charge in [0.2, 0.25) is 5.91 Å². The molecule has 0 saturated heterocycles. The van der Waals surface area contributed by atoms with Crippen molar-refractivity contribution >= 4 is 17.5 Å². The molecule has 0 radical (unpaired) electrons. The van der Waals surface area contributed by atoms with Gasteiger partial charge in [-0.1, -0.05) is 35.9 Å². The van der Waals surface area contributed by atoms with Crippen LogP contribution in [0.5, 0.6) is 0 Å². The highest BCUT2D eigenvalue weighted by Crippen LogP contribution is 2.26. The van der Waals surface area contributed by atoms with Crippen molar-refractivity contribution in [2.75, 3.05) is 18.0 Å². The van der Waals surface area contributed by atoms with E-state index < -0.39 is 0 Å². The van der Waals surface area contributed by atoms with E-state index in [2.05, 4.69) is 11.4 Å². The number of anilines is 1. The maximum atomic E-state index is 12.5. The van der Waals surface area contributed by atoms with Gasteiger partial charge in [-0.05, 0) is 43.5 Å². The average Bonchev–Trinajstić information content (AvgIpc) is 2.59. The first-order valence-electron chi connectivity index (χ1n) is 7.88. The molecule has 118 valence electrons. The Kier molecular flexibility index (Phi) is 4.42. The maximum absolute atomic E-state index is 12.5. The van der Waals surface area contributed by atoms with Crippen molar-refractivity contribution in [3.8, 4) is 0 Å². The molecule has 1 aliphatic rings. The molecule has 0 spiro atoms. The molecular formula is C19H20N2O2. The number of aryl methyl sites for hydroxylation is 2. The highest BCUT2D eigenvalue weighted by atomic mass is 16.2. The SMILES string of the molecule is Cc1ccc(C(=O)NCC(=O)N2CCCc3ccccc32)cc1. The zero-order chi connectivity index (χ0) is 16.2. The number of hydrogen-bond donors (Lipinski definition) is 1. The summed E-state index contributed by atoms with van der Waals surface area (Å²) in [5.74, 6) is -0.291. The quantitative estimate of drug-likeness (QED) is 0.948. The molecular weight excluding hydrogens is 288 g/mol. The van der Waals surface area contributed by atoms with Crippen molar-refractivity contribution < 1.29 is 9.59 Å². The number of fused-ring (bicyclic) bond motifs is 1. The van der Waals surface area contributed by atoms with Gasteiger partial charge in [-0.15, -0.1) is 0 Å². The molecule has 23 heavy (non-hydrogen) atoms. The summed E-state index contributed by atoms with van der Waals surface area (Å²) in [6.07, 6.45) is 1.95. The summed E-state index contributed by atoms with van der Waals surface area (Å²) >= 11 is 0. The molecule has 3 rings (SSSR count). The molecule has 4 nitrogen and oxygen atoms in total. The lowest BCUT2D eigenvalue weighted by Gasteiger charge is -2.29. The van der Waals surface area contributed by atoms with Gasteiger partial charge in [0.25, 0.3) is 5.91 Å². The Morgan fingerprint density at radius 3 is 2.61 bits per heavy atom. The third kappa shape index (κ3) is 3.42. The minimum Gasteiger partial charge on any atom is -0.343 e. The van der Waals surface area contributed by atoms with E-state index in [-0.39, 0.29) is 18.4 Å². The summed E-state index contributed by atoms with van der Waals surface area (Å²) in [5.41, 5.74) is 3.83. The van der Waals surface area contributed by atoms with Gasteiger partial charge in [-0.25, -0.2) is 0 Å². The first kappa shape index (κ1) is 15.3. The van der Waals surface area contributed by atoms with E-state index in [0.717, 1.165) is 24.1 Å². The smallest absolute Gasteiger partial charge is 0.251 e. The number of hydrogen-bond acceptors (Lipinski definition) is 2. The van der Waals surface area contributed by atoms with Crippen LogP contribution in [-0.4, -0.2) is 24.9 Å². The fourth-order valence-electron chi connectivity index (χ4n) is 2.85. The third-order valence-corrected chi connectivity index (χ3v) is 4.13. The standard InChI is InChI=1S/C19H20N2O2/c1-14-8-10-16(11-9-14)19(23)20-13-18(22)21-12-4-6-15-5-2-3-7-17(15)21/h2-3,5,7-11H,4,6,12-13H2,1H3,(H,20,23). The van der Waals surface area contributed by atoms with E-state index in [1.807, 2.05) is 37.3 Å². The van der Waals surface area contributed by atoms with E-state index in [4.69, 9.17) is 0 Å². The molecule has 2 aromatic rings. The molecule has 0 aliphatic carbocycles. The molecule has 0 saturated carbocycles. The second-order valence-electron chi connectivity index (χ2n) is 5.83. The van der Waals surface area contributed by atoms with Gasteiger partial charge in [0.05, 0.1) is 6.54 Å². The van der Waals surface area contributed by atoms with E-state index in [0.29, 0.717) is 12.1 Å². The van der Waals surface area contributed by atoms with Crippen LogP contribution in [0.15, 0.2) is 48.5 Å². The predicted molar refractivity (Wildman–Crippen MR) is 90.6 cm³/mol. The summed E-state index contributed by atoms with van der Waals surface area (Å²) < 4.78 is 0. The van der Waals surface area contributed by atoms with Gasteiger partial charge in [0.1, 0.15) is 0 Å². The number of rotatable bonds is 3. The lowest BCUT2D eigenvalue weighted by atomic mass is 10.0. The topological polar surface area (TPSA) is 49.4 Å². The molecule has 1 N–H and O–H groups in total. The Morgan fingerprint density at radius 1 is 1.09 bits per heavy atom. The summed E-state index contributed by atoms with van der Waals surface area (Å²) in [4.78, 5) is 26.3. The van der Waals surface area contributed by atoms with Crippen LogP contribution in [-0.2, 0) is 11.2 Å². The Bertz CT molecular complexity index is 722. The second-order valence-corrected chi connectivity index (χ2v) is 5.83. The van der Waals surface area contributed by atoms with Crippen molar-refractivity contribution in [3.05, 3.63) is 65.2 Å². The van der Waals surface area contributed by atoms with Gasteiger partial charge in [0.15, 0.2) is 0 Å². The lowest BCUT2D eigenvalue weighted by Crippen LogP contribution is -2.42. The minimum absolute atomic E-state index is 0.0149. The van der Waals surface area contributed by atoms with Crippen molar-refractivity contribution in [2.45, 2.75) is 19.8 Å². The summed E-state index contributed by atoms with van der Waals surface area (Å²) in [6.45, 7) is 2.69. The molecule has 2 aromatic carbocycles. The Labute approximate surface area is 136 Å². The molecule has 1 aliphatic heterocycles. The molecule has 0 unspecified atom stereocenters. The number of para-hydroxylation sites is 1. The highest BCUT2D eigenvalue weighted by Gasteiger charge is 2.22. The molecule has 0 bridgehead atoms. The van der Waals surface area contributed by atoms with Gasteiger partial charge >= 0.3 is 0 Å². The Hall–Kier alpha value is -2.62. The van der Waals surface area contributed by atoms with Crippen molar-refractivity contribution in [3.63, 3.8) is 0 Å². The van der Waals surface area contributed by atoms with E-state index in [1.165, 1.54) is 5.56 Å². The van der Waals surface area contributed by atoms with Gasteiger partial charge < -0.3 is 10.2 Å². The number of carbonyl (C=O) groups is 2. The normalized spacial score (nSPS) is 13.3. The minimum atomic E-state index is -0.219. The first-order chi connectivity index (χ1) is 11.1. The summed E-state index contributed by atoms with van der Waals surface area (Å²) in [7, 11) is 0. The highest BCUT2D eigenvalue weighted by molar-refractivity contribution is 6.00. The number of nitrogens with one attached hydrogen (secondary N) is 1. The van der Waals surface area contributed by atoms with E-state index >= 15 is 0 Å². The van der Waals surface area contributed by atoms with E-state index in [9.17, 15) is 9.59 Å². The van der Waals surface area contributed by atoms with Crippen LogP contribution in [0.3, 0.4) is 0 Å². The molecule has 2 amide bonds. The zero-order valence-electron chi connectivity index (χ0n) is 13.2. The number of nitrogens with zero attached hydrogens (tertiary/aromatic N) is 1. The van der Waals surface area contributed by atoms with Crippen molar-refractivity contribution in [2.24, 2.45) is 0 Å². The zero-order valence-corrected chi connectivity index (χ0v) is 13.2. The average molecular weight is 308 g/mol. The fourth-order valence-corrected chi connectivity index (χ4v) is 2.85. The number of amides is 2. The van der Waals surface area contributed by atoms with Crippen LogP contribution in [0.4, 0.5) is 5.69 Å². The monoisotopic (exact) mass is 308 g/mol. The molecule has 1 heterocycles. The maximum Gasteiger partial charge on any atom is 0.251 e. The largest absolute Gasteiger partial charge is 0.343 e. The van der Waals surface area contributed by atoms with Crippen LogP contribution in [0, 0.1) is 6.92 Å². The van der Waals surface area contributed by atoms with Crippen molar-refractivity contribution in [1.82, 2.24) is 5.32 Å². The van der Waals surface area contributed by atoms with Crippen LogP contribution >= 0.6 is 0 Å². The predicted octanol–water partition coefficient (Wildman–Crippen LogP) is 2.70. The summed E-state index contributed by atoms with van der Waals surface area (Å²) in [6, 6.07) is 15.3. The van der Waals surface area contributed by atoms with Crippen molar-refractivity contribution in [1.29, 1.82) is 0 Å². The second kappa shape index (κ2) is 6.65. The van der Waals surface area contributed by atoms with Crippen LogP contribution < -0.4 is 10.2 Å². The number of benzene rings is 2. The summed E-state index contributed by atoms with van der Waals surface area (Å²) in [5, 5.41) is 2.72. The lowest BCUT2D eigenvalue weighted by molar-refractivity contribution is -0.117. The Morgan fingerprint density at radius 2 is 1.83 bits per heavy atom. The van der Waals surface area contributed by atoms with Gasteiger partial charge in [0, 0.05) is 17.8 Å². The molecule has 4 heteroatoms. The fraction of sp³-hybridized carbons (Fsp3) is 0.263. The van der Waals surface area contributed by atoms with E-state index in [1.54, 1.807) is 17.0 Å². The van der Waals surface area contributed by atoms with Crippen LogP contribution in [0.2, 0.25) is 0 Å². The Balaban J connectivity index is 1.64. The van der Waals surface area contributed by atoms with Crippen LogP contribution in [0.1, 0.15) is 27.9 Å².